The molecule has 3 aliphatic rings. The molecule has 0 spiro atoms. The Morgan fingerprint density at radius 1 is 1.10 bits per heavy atom. The lowest BCUT2D eigenvalue weighted by atomic mass is 10.0. The van der Waals surface area contributed by atoms with E-state index in [0.29, 0.717) is 19.0 Å². The van der Waals surface area contributed by atoms with E-state index in [1.54, 1.807) is 0 Å². The van der Waals surface area contributed by atoms with Crippen LogP contribution in [0.25, 0.3) is 0 Å². The van der Waals surface area contributed by atoms with Crippen molar-refractivity contribution in [2.45, 2.75) is 57.3 Å². The SMILES string of the molecule is CC(C)N1CC[C@H]2[C@H]1C(=O)NC[C@H](CCC(=O)N1CCN(c3ccccc3)CC1)N2C. The predicted molar refractivity (Wildman–Crippen MR) is 123 cm³/mol. The Balaban J connectivity index is 1.29. The summed E-state index contributed by atoms with van der Waals surface area (Å²) < 4.78 is 0. The zero-order valence-electron chi connectivity index (χ0n) is 19.2. The van der Waals surface area contributed by atoms with Gasteiger partial charge in [-0.25, -0.2) is 0 Å². The maximum Gasteiger partial charge on any atom is 0.239 e. The molecule has 0 aromatic heterocycles. The summed E-state index contributed by atoms with van der Waals surface area (Å²) in [5, 5.41) is 3.15. The summed E-state index contributed by atoms with van der Waals surface area (Å²) in [6.45, 7) is 9.22. The van der Waals surface area contributed by atoms with Crippen molar-refractivity contribution in [3.05, 3.63) is 30.3 Å². The van der Waals surface area contributed by atoms with Crippen LogP contribution in [-0.2, 0) is 9.59 Å². The minimum atomic E-state index is -0.0724. The smallest absolute Gasteiger partial charge is 0.239 e. The lowest BCUT2D eigenvalue weighted by Crippen LogP contribution is -2.51. The van der Waals surface area contributed by atoms with E-state index >= 15 is 0 Å². The fourth-order valence-electron chi connectivity index (χ4n) is 5.47. The van der Waals surface area contributed by atoms with Gasteiger partial charge in [-0.05, 0) is 45.9 Å². The highest BCUT2D eigenvalue weighted by atomic mass is 16.2. The number of para-hydroxylation sites is 1. The summed E-state index contributed by atoms with van der Waals surface area (Å²) in [6.07, 6.45) is 2.35. The van der Waals surface area contributed by atoms with Gasteiger partial charge in [0.1, 0.15) is 6.04 Å². The second-order valence-corrected chi connectivity index (χ2v) is 9.44. The quantitative estimate of drug-likeness (QED) is 0.770. The van der Waals surface area contributed by atoms with E-state index in [1.807, 2.05) is 11.0 Å². The van der Waals surface area contributed by atoms with Crippen molar-refractivity contribution in [1.29, 1.82) is 0 Å². The molecular formula is C24H37N5O2. The second kappa shape index (κ2) is 9.57. The normalized spacial score (nSPS) is 27.9. The Kier molecular flexibility index (Phi) is 6.82. The zero-order chi connectivity index (χ0) is 22.0. The summed E-state index contributed by atoms with van der Waals surface area (Å²) in [7, 11) is 2.13. The highest BCUT2D eigenvalue weighted by Crippen LogP contribution is 2.28. The van der Waals surface area contributed by atoms with Crippen LogP contribution in [0.5, 0.6) is 0 Å². The molecule has 31 heavy (non-hydrogen) atoms. The molecule has 0 aliphatic carbocycles. The topological polar surface area (TPSA) is 59.1 Å². The van der Waals surface area contributed by atoms with E-state index in [2.05, 4.69) is 65.2 Å². The first kappa shape index (κ1) is 22.1. The van der Waals surface area contributed by atoms with Gasteiger partial charge >= 0.3 is 0 Å². The Bertz CT molecular complexity index is 762. The molecule has 3 aliphatic heterocycles. The molecule has 2 amide bonds. The minimum absolute atomic E-state index is 0.0724. The number of likely N-dealkylation sites (tertiary alicyclic amines) is 1. The average molecular weight is 428 g/mol. The summed E-state index contributed by atoms with van der Waals surface area (Å²) in [4.78, 5) is 34.7. The molecule has 1 aromatic carbocycles. The van der Waals surface area contributed by atoms with E-state index in [9.17, 15) is 9.59 Å². The number of carbonyl (C=O) groups is 2. The average Bonchev–Trinajstić information content (AvgIpc) is 3.20. The Hall–Kier alpha value is -2.12. The summed E-state index contributed by atoms with van der Waals surface area (Å²) in [5.74, 6) is 0.386. The number of anilines is 1. The number of amides is 2. The Labute approximate surface area is 186 Å². The molecule has 0 radical (unpaired) electrons. The molecule has 3 saturated heterocycles. The van der Waals surface area contributed by atoms with Crippen LogP contribution in [0.1, 0.15) is 33.1 Å². The van der Waals surface area contributed by atoms with E-state index in [-0.39, 0.29) is 29.9 Å². The molecule has 170 valence electrons. The fraction of sp³-hybridized carbons (Fsp3) is 0.667. The van der Waals surface area contributed by atoms with Gasteiger partial charge in [0.15, 0.2) is 0 Å². The molecular weight excluding hydrogens is 390 g/mol. The first-order valence-corrected chi connectivity index (χ1v) is 11.8. The van der Waals surface area contributed by atoms with Crippen molar-refractivity contribution < 1.29 is 9.59 Å². The number of benzene rings is 1. The lowest BCUT2D eigenvalue weighted by Gasteiger charge is -2.37. The van der Waals surface area contributed by atoms with Gasteiger partial charge in [0, 0.05) is 69.5 Å². The third-order valence-corrected chi connectivity index (χ3v) is 7.39. The van der Waals surface area contributed by atoms with Crippen LogP contribution in [0.4, 0.5) is 5.69 Å². The molecule has 0 saturated carbocycles. The van der Waals surface area contributed by atoms with Gasteiger partial charge in [0.25, 0.3) is 0 Å². The van der Waals surface area contributed by atoms with Crippen molar-refractivity contribution in [2.24, 2.45) is 0 Å². The third kappa shape index (κ3) is 4.72. The van der Waals surface area contributed by atoms with Gasteiger partial charge < -0.3 is 15.1 Å². The van der Waals surface area contributed by atoms with Crippen LogP contribution >= 0.6 is 0 Å². The van der Waals surface area contributed by atoms with Crippen LogP contribution in [0.15, 0.2) is 30.3 Å². The van der Waals surface area contributed by atoms with Gasteiger partial charge in [0.2, 0.25) is 11.8 Å². The van der Waals surface area contributed by atoms with Crippen LogP contribution in [0, 0.1) is 0 Å². The maximum atomic E-state index is 12.9. The van der Waals surface area contributed by atoms with E-state index in [0.717, 1.165) is 45.6 Å². The third-order valence-electron chi connectivity index (χ3n) is 7.39. The second-order valence-electron chi connectivity index (χ2n) is 9.44. The van der Waals surface area contributed by atoms with Crippen molar-refractivity contribution in [3.63, 3.8) is 0 Å². The molecule has 1 aromatic rings. The molecule has 3 atom stereocenters. The molecule has 0 unspecified atom stereocenters. The van der Waals surface area contributed by atoms with Gasteiger partial charge in [0.05, 0.1) is 0 Å². The van der Waals surface area contributed by atoms with Crippen molar-refractivity contribution in [3.8, 4) is 0 Å². The number of hydrogen-bond acceptors (Lipinski definition) is 5. The lowest BCUT2D eigenvalue weighted by molar-refractivity contribution is -0.132. The van der Waals surface area contributed by atoms with Crippen molar-refractivity contribution in [2.75, 3.05) is 51.2 Å². The number of likely N-dealkylation sites (N-methyl/N-ethyl adjacent to an activating group) is 1. The Morgan fingerprint density at radius 3 is 2.48 bits per heavy atom. The number of fused-ring (bicyclic) bond motifs is 1. The molecule has 3 fully saturated rings. The number of hydrogen-bond donors (Lipinski definition) is 1. The fourth-order valence-corrected chi connectivity index (χ4v) is 5.47. The summed E-state index contributed by atoms with van der Waals surface area (Å²) in [6, 6.07) is 11.1. The van der Waals surface area contributed by atoms with Crippen LogP contribution in [0.2, 0.25) is 0 Å². The van der Waals surface area contributed by atoms with Gasteiger partial charge in [-0.1, -0.05) is 18.2 Å². The molecule has 7 heteroatoms. The molecule has 1 N–H and O–H groups in total. The van der Waals surface area contributed by atoms with Crippen LogP contribution < -0.4 is 10.2 Å². The first-order valence-electron chi connectivity index (χ1n) is 11.8. The number of nitrogens with zero attached hydrogens (tertiary/aromatic N) is 4. The minimum Gasteiger partial charge on any atom is -0.368 e. The van der Waals surface area contributed by atoms with Crippen LogP contribution in [0.3, 0.4) is 0 Å². The monoisotopic (exact) mass is 427 g/mol. The highest BCUT2D eigenvalue weighted by molar-refractivity contribution is 5.83. The molecule has 0 bridgehead atoms. The van der Waals surface area contributed by atoms with Gasteiger partial charge in [-0.15, -0.1) is 0 Å². The highest BCUT2D eigenvalue weighted by Gasteiger charge is 2.45. The molecule has 7 nitrogen and oxygen atoms in total. The zero-order valence-corrected chi connectivity index (χ0v) is 19.2. The number of rotatable bonds is 5. The van der Waals surface area contributed by atoms with Gasteiger partial charge in [-0.3, -0.25) is 19.4 Å². The number of piperazine rings is 1. The number of carbonyl (C=O) groups excluding carboxylic acids is 2. The van der Waals surface area contributed by atoms with E-state index < -0.39 is 0 Å². The number of nitrogens with one attached hydrogen (secondary N) is 1. The summed E-state index contributed by atoms with van der Waals surface area (Å²) in [5.41, 5.74) is 1.23. The largest absolute Gasteiger partial charge is 0.368 e. The van der Waals surface area contributed by atoms with Crippen LogP contribution in [-0.4, -0.2) is 97.0 Å². The van der Waals surface area contributed by atoms with Crippen molar-refractivity contribution in [1.82, 2.24) is 20.0 Å². The maximum absolute atomic E-state index is 12.9. The van der Waals surface area contributed by atoms with E-state index in [1.165, 1.54) is 5.69 Å². The van der Waals surface area contributed by atoms with E-state index in [4.69, 9.17) is 0 Å². The molecule has 3 heterocycles. The first-order chi connectivity index (χ1) is 15.0. The Morgan fingerprint density at radius 2 is 1.81 bits per heavy atom. The standard InChI is InChI=1S/C24H37N5O2/c1-18(2)29-12-11-21-23(29)24(31)25-17-20(26(21)3)9-10-22(30)28-15-13-27(14-16-28)19-7-5-4-6-8-19/h4-8,18,20-21,23H,9-17H2,1-3H3,(H,25,31)/t20-,21-,23-/m0/s1. The van der Waals surface area contributed by atoms with Gasteiger partial charge in [-0.2, -0.15) is 0 Å². The summed E-state index contributed by atoms with van der Waals surface area (Å²) >= 11 is 0. The molecule has 4 rings (SSSR count). The van der Waals surface area contributed by atoms with Crippen molar-refractivity contribution >= 4 is 17.5 Å². The predicted octanol–water partition coefficient (Wildman–Crippen LogP) is 1.40.